The fourth-order valence-corrected chi connectivity index (χ4v) is 3.23. The van der Waals surface area contributed by atoms with Gasteiger partial charge in [-0.2, -0.15) is 5.10 Å². The number of rotatable bonds is 1. The molecule has 2 N–H and O–H groups in total. The summed E-state index contributed by atoms with van der Waals surface area (Å²) in [5.74, 6) is 0.128. The van der Waals surface area contributed by atoms with Crippen LogP contribution >= 0.6 is 0 Å². The Morgan fingerprint density at radius 1 is 1.24 bits per heavy atom. The van der Waals surface area contributed by atoms with E-state index in [1.54, 1.807) is 0 Å². The van der Waals surface area contributed by atoms with Gasteiger partial charge in [0.25, 0.3) is 0 Å². The molecule has 1 aromatic heterocycles. The van der Waals surface area contributed by atoms with Crippen molar-refractivity contribution < 1.29 is 4.79 Å². The van der Waals surface area contributed by atoms with Gasteiger partial charge in [0.15, 0.2) is 0 Å². The van der Waals surface area contributed by atoms with E-state index in [0.717, 1.165) is 11.3 Å². The van der Waals surface area contributed by atoms with E-state index in [1.807, 2.05) is 22.8 Å². The number of hydrogen-bond acceptors (Lipinski definition) is 3. The average Bonchev–Trinajstić information content (AvgIpc) is 2.76. The first-order chi connectivity index (χ1) is 9.43. The van der Waals surface area contributed by atoms with Crippen molar-refractivity contribution in [1.29, 1.82) is 0 Å². The van der Waals surface area contributed by atoms with Crippen molar-refractivity contribution in [2.75, 3.05) is 0 Å². The summed E-state index contributed by atoms with van der Waals surface area (Å²) >= 11 is 0. The molecule has 1 aromatic rings. The molecule has 0 bridgehead atoms. The van der Waals surface area contributed by atoms with Gasteiger partial charge in [0.1, 0.15) is 0 Å². The van der Waals surface area contributed by atoms with Gasteiger partial charge in [0, 0.05) is 42.2 Å². The predicted molar refractivity (Wildman–Crippen MR) is 83.8 cm³/mol. The number of nitrogens with zero attached hydrogens (tertiary/aromatic N) is 3. The van der Waals surface area contributed by atoms with Crippen LogP contribution in [0, 0.1) is 0 Å². The Hall–Kier alpha value is -1.36. The maximum atomic E-state index is 12.4. The second-order valence-electron chi connectivity index (χ2n) is 8.10. The topological polar surface area (TPSA) is 64.2 Å². The Morgan fingerprint density at radius 2 is 1.81 bits per heavy atom. The van der Waals surface area contributed by atoms with Gasteiger partial charge in [-0.25, -0.2) is 0 Å². The van der Waals surface area contributed by atoms with Crippen molar-refractivity contribution in [3.05, 3.63) is 17.5 Å². The average molecular weight is 292 g/mol. The summed E-state index contributed by atoms with van der Waals surface area (Å²) in [5, 5.41) is 4.63. The Kier molecular flexibility index (Phi) is 3.69. The van der Waals surface area contributed by atoms with Crippen molar-refractivity contribution in [1.82, 2.24) is 14.7 Å². The van der Waals surface area contributed by atoms with E-state index in [9.17, 15) is 4.79 Å². The molecule has 1 fully saturated rings. The highest BCUT2D eigenvalue weighted by molar-refractivity contribution is 5.81. The van der Waals surface area contributed by atoms with E-state index in [-0.39, 0.29) is 28.9 Å². The minimum atomic E-state index is -0.249. The second-order valence-corrected chi connectivity index (χ2v) is 8.10. The molecule has 1 amide bonds. The standard InChI is InChI=1S/C16H28N4O/c1-15(2,3)14-10(9-19(7)18-14)13-11(17)8-12(21)20(13)16(4,5)6/h9,11,13H,8,17H2,1-7H3. The SMILES string of the molecule is Cn1cc(C2C(N)CC(=O)N2C(C)(C)C)c(C(C)(C)C)n1. The zero-order chi connectivity index (χ0) is 16.2. The molecule has 1 saturated heterocycles. The van der Waals surface area contributed by atoms with Crippen LogP contribution in [0.2, 0.25) is 0 Å². The first-order valence-corrected chi connectivity index (χ1v) is 7.54. The summed E-state index contributed by atoms with van der Waals surface area (Å²) in [6, 6.07) is -0.276. The third kappa shape index (κ3) is 2.84. The van der Waals surface area contributed by atoms with Gasteiger partial charge in [-0.15, -0.1) is 0 Å². The minimum Gasteiger partial charge on any atom is -0.329 e. The molecule has 118 valence electrons. The molecule has 0 aromatic carbocycles. The van der Waals surface area contributed by atoms with Gasteiger partial charge in [-0.3, -0.25) is 9.48 Å². The smallest absolute Gasteiger partial charge is 0.225 e. The Labute approximate surface area is 127 Å². The fourth-order valence-electron chi connectivity index (χ4n) is 3.23. The summed E-state index contributed by atoms with van der Waals surface area (Å²) in [7, 11) is 1.92. The molecule has 21 heavy (non-hydrogen) atoms. The maximum Gasteiger partial charge on any atom is 0.225 e. The molecule has 1 aliphatic rings. The van der Waals surface area contributed by atoms with Crippen LogP contribution < -0.4 is 5.73 Å². The highest BCUT2D eigenvalue weighted by atomic mass is 16.2. The van der Waals surface area contributed by atoms with E-state index in [4.69, 9.17) is 5.73 Å². The monoisotopic (exact) mass is 292 g/mol. The lowest BCUT2D eigenvalue weighted by Gasteiger charge is -2.38. The van der Waals surface area contributed by atoms with Crippen LogP contribution in [-0.4, -0.2) is 32.2 Å². The molecule has 0 radical (unpaired) electrons. The Morgan fingerprint density at radius 3 is 2.29 bits per heavy atom. The Balaban J connectivity index is 2.56. The van der Waals surface area contributed by atoms with Crippen LogP contribution in [0.4, 0.5) is 0 Å². The van der Waals surface area contributed by atoms with Crippen LogP contribution in [0.1, 0.15) is 65.3 Å². The molecule has 1 aliphatic heterocycles. The summed E-state index contributed by atoms with van der Waals surface area (Å²) in [4.78, 5) is 14.3. The van der Waals surface area contributed by atoms with Gasteiger partial charge >= 0.3 is 0 Å². The number of carbonyl (C=O) groups excluding carboxylic acids is 1. The van der Waals surface area contributed by atoms with Crippen LogP contribution in [0.15, 0.2) is 6.20 Å². The quantitative estimate of drug-likeness (QED) is 0.862. The van der Waals surface area contributed by atoms with E-state index < -0.39 is 0 Å². The van der Waals surface area contributed by atoms with E-state index in [2.05, 4.69) is 46.6 Å². The highest BCUT2D eigenvalue weighted by Gasteiger charge is 2.46. The summed E-state index contributed by atoms with van der Waals surface area (Å²) in [6.45, 7) is 12.6. The van der Waals surface area contributed by atoms with Crippen LogP contribution in [0.25, 0.3) is 0 Å². The third-order valence-electron chi connectivity index (χ3n) is 3.97. The van der Waals surface area contributed by atoms with Gasteiger partial charge < -0.3 is 10.6 Å². The maximum absolute atomic E-state index is 12.4. The van der Waals surface area contributed by atoms with Crippen molar-refractivity contribution >= 4 is 5.91 Å². The molecule has 2 unspecified atom stereocenters. The predicted octanol–water partition coefficient (Wildman–Crippen LogP) is 2.12. The number of aromatic nitrogens is 2. The van der Waals surface area contributed by atoms with Gasteiger partial charge in [-0.05, 0) is 20.8 Å². The summed E-state index contributed by atoms with van der Waals surface area (Å²) < 4.78 is 1.83. The Bertz CT molecular complexity index is 548. The molecule has 0 saturated carbocycles. The van der Waals surface area contributed by atoms with E-state index >= 15 is 0 Å². The number of carbonyl (C=O) groups is 1. The largest absolute Gasteiger partial charge is 0.329 e. The number of nitrogens with two attached hydrogens (primary N) is 1. The molecule has 5 heteroatoms. The minimum absolute atomic E-state index is 0.0779. The van der Waals surface area contributed by atoms with Gasteiger partial charge in [0.2, 0.25) is 5.91 Å². The van der Waals surface area contributed by atoms with Gasteiger partial charge in [0.05, 0.1) is 11.7 Å². The molecule has 2 heterocycles. The van der Waals surface area contributed by atoms with Crippen molar-refractivity contribution in [2.45, 2.75) is 71.0 Å². The van der Waals surface area contributed by atoms with E-state index in [1.165, 1.54) is 0 Å². The lowest BCUT2D eigenvalue weighted by Crippen LogP contribution is -2.46. The fraction of sp³-hybridized carbons (Fsp3) is 0.750. The molecular weight excluding hydrogens is 264 g/mol. The number of hydrogen-bond donors (Lipinski definition) is 1. The second kappa shape index (κ2) is 4.83. The molecule has 5 nitrogen and oxygen atoms in total. The van der Waals surface area contributed by atoms with Gasteiger partial charge in [-0.1, -0.05) is 20.8 Å². The van der Waals surface area contributed by atoms with Crippen molar-refractivity contribution in [3.63, 3.8) is 0 Å². The highest BCUT2D eigenvalue weighted by Crippen LogP contribution is 2.40. The van der Waals surface area contributed by atoms with Crippen LogP contribution in [0.5, 0.6) is 0 Å². The number of likely N-dealkylation sites (tertiary alicyclic amines) is 1. The molecule has 0 aliphatic carbocycles. The molecule has 0 spiro atoms. The molecule has 2 atom stereocenters. The van der Waals surface area contributed by atoms with Crippen molar-refractivity contribution in [2.24, 2.45) is 12.8 Å². The van der Waals surface area contributed by atoms with Crippen LogP contribution in [0.3, 0.4) is 0 Å². The zero-order valence-corrected chi connectivity index (χ0v) is 14.3. The lowest BCUT2D eigenvalue weighted by atomic mass is 9.85. The molecule has 2 rings (SSSR count). The number of aryl methyl sites for hydroxylation is 1. The first kappa shape index (κ1) is 16.0. The normalized spacial score (nSPS) is 24.0. The third-order valence-corrected chi connectivity index (χ3v) is 3.97. The van der Waals surface area contributed by atoms with Crippen LogP contribution in [-0.2, 0) is 17.3 Å². The summed E-state index contributed by atoms with van der Waals surface area (Å²) in [5.41, 5.74) is 8.09. The zero-order valence-electron chi connectivity index (χ0n) is 14.3. The van der Waals surface area contributed by atoms with Crippen molar-refractivity contribution in [3.8, 4) is 0 Å². The lowest BCUT2D eigenvalue weighted by molar-refractivity contribution is -0.133. The number of amides is 1. The summed E-state index contributed by atoms with van der Waals surface area (Å²) in [6.07, 6.45) is 2.42. The molecular formula is C16H28N4O. The van der Waals surface area contributed by atoms with E-state index in [0.29, 0.717) is 6.42 Å². The first-order valence-electron chi connectivity index (χ1n) is 7.54.